The molecule has 1 aromatic carbocycles. The van der Waals surface area contributed by atoms with Crippen LogP contribution in [0.3, 0.4) is 0 Å². The van der Waals surface area contributed by atoms with Gasteiger partial charge in [0, 0.05) is 45.0 Å². The number of hydrogen-bond acceptors (Lipinski definition) is 4. The second kappa shape index (κ2) is 8.65. The van der Waals surface area contributed by atoms with Crippen LogP contribution in [-0.2, 0) is 13.2 Å². The molecule has 1 saturated carbocycles. The molecule has 2 aromatic rings. The van der Waals surface area contributed by atoms with Crippen LogP contribution in [-0.4, -0.2) is 47.0 Å². The summed E-state index contributed by atoms with van der Waals surface area (Å²) in [6.45, 7) is 6.40. The Morgan fingerprint density at radius 1 is 0.923 bits per heavy atom. The van der Waals surface area contributed by atoms with Crippen LogP contribution < -0.4 is 4.74 Å². The van der Waals surface area contributed by atoms with E-state index in [1.165, 1.54) is 57.4 Å². The van der Waals surface area contributed by atoms with Crippen molar-refractivity contribution in [1.82, 2.24) is 14.8 Å². The fourth-order valence-corrected chi connectivity index (χ4v) is 4.15. The Bertz CT molecular complexity index is 660. The molecule has 2 heterocycles. The lowest BCUT2D eigenvalue weighted by Crippen LogP contribution is -2.49. The maximum atomic E-state index is 5.83. The summed E-state index contributed by atoms with van der Waals surface area (Å²) in [4.78, 5) is 9.59. The van der Waals surface area contributed by atoms with Gasteiger partial charge in [-0.2, -0.15) is 0 Å². The lowest BCUT2D eigenvalue weighted by Gasteiger charge is -2.38. The van der Waals surface area contributed by atoms with Gasteiger partial charge in [-0.1, -0.05) is 31.0 Å². The minimum absolute atomic E-state index is 0.517. The van der Waals surface area contributed by atoms with Gasteiger partial charge < -0.3 is 4.74 Å². The topological polar surface area (TPSA) is 28.6 Å². The smallest absolute Gasteiger partial charge is 0.130 e. The van der Waals surface area contributed by atoms with Gasteiger partial charge in [-0.05, 0) is 42.7 Å². The zero-order valence-electron chi connectivity index (χ0n) is 15.5. The molecule has 0 radical (unpaired) electrons. The van der Waals surface area contributed by atoms with E-state index in [4.69, 9.17) is 4.74 Å². The van der Waals surface area contributed by atoms with Crippen LogP contribution in [0.15, 0.2) is 48.7 Å². The normalized spacial score (nSPS) is 19.7. The van der Waals surface area contributed by atoms with Gasteiger partial charge in [-0.25, -0.2) is 0 Å². The maximum absolute atomic E-state index is 5.83. The Hall–Kier alpha value is -1.91. The summed E-state index contributed by atoms with van der Waals surface area (Å²) >= 11 is 0. The van der Waals surface area contributed by atoms with Crippen molar-refractivity contribution in [2.75, 3.05) is 26.2 Å². The lowest BCUT2D eigenvalue weighted by atomic mass is 10.1. The summed E-state index contributed by atoms with van der Waals surface area (Å²) in [5.74, 6) is 0.908. The monoisotopic (exact) mass is 351 g/mol. The van der Waals surface area contributed by atoms with Crippen LogP contribution in [0, 0.1) is 0 Å². The molecule has 1 aliphatic carbocycles. The first-order chi connectivity index (χ1) is 12.9. The third kappa shape index (κ3) is 4.63. The number of ether oxygens (including phenoxy) is 1. The molecule has 2 fully saturated rings. The van der Waals surface area contributed by atoms with Gasteiger partial charge in [0.05, 0.1) is 5.69 Å². The molecule has 0 unspecified atom stereocenters. The van der Waals surface area contributed by atoms with Gasteiger partial charge in [0.1, 0.15) is 12.4 Å². The number of benzene rings is 1. The van der Waals surface area contributed by atoms with Crippen molar-refractivity contribution >= 4 is 0 Å². The van der Waals surface area contributed by atoms with Crippen molar-refractivity contribution < 1.29 is 4.74 Å². The molecule has 26 heavy (non-hydrogen) atoms. The molecule has 1 aliphatic heterocycles. The highest BCUT2D eigenvalue weighted by molar-refractivity contribution is 5.27. The molecule has 1 aromatic heterocycles. The van der Waals surface area contributed by atoms with Crippen molar-refractivity contribution in [2.45, 2.75) is 44.9 Å². The molecule has 2 aliphatic rings. The van der Waals surface area contributed by atoms with E-state index in [1.54, 1.807) is 6.20 Å². The Balaban J connectivity index is 1.23. The van der Waals surface area contributed by atoms with E-state index in [0.717, 1.165) is 24.0 Å². The fraction of sp³-hybridized carbons (Fsp3) is 0.500. The number of rotatable bonds is 6. The molecular weight excluding hydrogens is 322 g/mol. The average Bonchev–Trinajstić information content (AvgIpc) is 3.24. The Morgan fingerprint density at radius 2 is 1.69 bits per heavy atom. The molecule has 0 amide bonds. The van der Waals surface area contributed by atoms with Crippen molar-refractivity contribution in [1.29, 1.82) is 0 Å². The number of hydrogen-bond donors (Lipinski definition) is 0. The molecule has 4 heteroatoms. The molecule has 0 spiro atoms. The standard InChI is InChI=1S/C22H29N3O/c1-2-7-21(6-1)25-15-13-24(14-16-25)17-19-8-10-22(11-9-19)26-18-20-5-3-4-12-23-20/h3-5,8-12,21H,1-2,6-7,13-18H2. The highest BCUT2D eigenvalue weighted by atomic mass is 16.5. The molecular formula is C22H29N3O. The lowest BCUT2D eigenvalue weighted by molar-refractivity contribution is 0.0937. The summed E-state index contributed by atoms with van der Waals surface area (Å²) < 4.78 is 5.83. The predicted octanol–water partition coefficient (Wildman–Crippen LogP) is 3.72. The van der Waals surface area contributed by atoms with Gasteiger partial charge in [-0.3, -0.25) is 14.8 Å². The highest BCUT2D eigenvalue weighted by Gasteiger charge is 2.25. The quantitative estimate of drug-likeness (QED) is 0.793. The highest BCUT2D eigenvalue weighted by Crippen LogP contribution is 2.24. The van der Waals surface area contributed by atoms with E-state index in [9.17, 15) is 0 Å². The Morgan fingerprint density at radius 3 is 2.38 bits per heavy atom. The minimum atomic E-state index is 0.517. The zero-order chi connectivity index (χ0) is 17.6. The first kappa shape index (κ1) is 17.5. The van der Waals surface area contributed by atoms with E-state index in [1.807, 2.05) is 18.2 Å². The number of aromatic nitrogens is 1. The number of pyridine rings is 1. The van der Waals surface area contributed by atoms with Crippen LogP contribution >= 0.6 is 0 Å². The van der Waals surface area contributed by atoms with Gasteiger partial charge in [-0.15, -0.1) is 0 Å². The van der Waals surface area contributed by atoms with Gasteiger partial charge in [0.25, 0.3) is 0 Å². The summed E-state index contributed by atoms with van der Waals surface area (Å²) in [6.07, 6.45) is 7.49. The third-order valence-corrected chi connectivity index (χ3v) is 5.69. The first-order valence-corrected chi connectivity index (χ1v) is 9.95. The van der Waals surface area contributed by atoms with Crippen molar-refractivity contribution in [2.24, 2.45) is 0 Å². The molecule has 4 rings (SSSR count). The summed E-state index contributed by atoms with van der Waals surface area (Å²) in [6, 6.07) is 15.3. The molecule has 0 atom stereocenters. The second-order valence-corrected chi connectivity index (χ2v) is 7.50. The Labute approximate surface area is 156 Å². The average molecular weight is 351 g/mol. The van der Waals surface area contributed by atoms with E-state index >= 15 is 0 Å². The largest absolute Gasteiger partial charge is 0.487 e. The van der Waals surface area contributed by atoms with Crippen LogP contribution in [0.2, 0.25) is 0 Å². The van der Waals surface area contributed by atoms with E-state index in [0.29, 0.717) is 6.61 Å². The van der Waals surface area contributed by atoms with Gasteiger partial charge >= 0.3 is 0 Å². The van der Waals surface area contributed by atoms with Crippen LogP contribution in [0.5, 0.6) is 5.75 Å². The maximum Gasteiger partial charge on any atom is 0.130 e. The Kier molecular flexibility index (Phi) is 5.82. The fourth-order valence-electron chi connectivity index (χ4n) is 4.15. The second-order valence-electron chi connectivity index (χ2n) is 7.50. The van der Waals surface area contributed by atoms with Crippen molar-refractivity contribution in [3.8, 4) is 5.75 Å². The zero-order valence-corrected chi connectivity index (χ0v) is 15.5. The summed E-state index contributed by atoms with van der Waals surface area (Å²) in [5.41, 5.74) is 2.32. The SMILES string of the molecule is c1ccc(COc2ccc(CN3CCN(C4CCCC4)CC3)cc2)nc1. The van der Waals surface area contributed by atoms with E-state index < -0.39 is 0 Å². The molecule has 0 N–H and O–H groups in total. The number of piperazine rings is 1. The molecule has 1 saturated heterocycles. The van der Waals surface area contributed by atoms with Gasteiger partial charge in [0.15, 0.2) is 0 Å². The predicted molar refractivity (Wildman–Crippen MR) is 104 cm³/mol. The molecule has 0 bridgehead atoms. The molecule has 138 valence electrons. The summed E-state index contributed by atoms with van der Waals surface area (Å²) in [7, 11) is 0. The van der Waals surface area contributed by atoms with E-state index in [2.05, 4.69) is 39.0 Å². The van der Waals surface area contributed by atoms with Crippen LogP contribution in [0.1, 0.15) is 36.9 Å². The summed E-state index contributed by atoms with van der Waals surface area (Å²) in [5, 5.41) is 0. The number of nitrogens with zero attached hydrogens (tertiary/aromatic N) is 3. The first-order valence-electron chi connectivity index (χ1n) is 9.95. The minimum Gasteiger partial charge on any atom is -0.487 e. The van der Waals surface area contributed by atoms with Crippen LogP contribution in [0.4, 0.5) is 0 Å². The van der Waals surface area contributed by atoms with Crippen LogP contribution in [0.25, 0.3) is 0 Å². The van der Waals surface area contributed by atoms with E-state index in [-0.39, 0.29) is 0 Å². The van der Waals surface area contributed by atoms with Gasteiger partial charge in [0.2, 0.25) is 0 Å². The van der Waals surface area contributed by atoms with Crippen molar-refractivity contribution in [3.05, 3.63) is 59.9 Å². The third-order valence-electron chi connectivity index (χ3n) is 5.69. The molecule has 4 nitrogen and oxygen atoms in total. The van der Waals surface area contributed by atoms with Crippen molar-refractivity contribution in [3.63, 3.8) is 0 Å².